The molecule has 114 valence electrons. The quantitative estimate of drug-likeness (QED) is 0.905. The minimum Gasteiger partial charge on any atom is -0.385 e. The maximum absolute atomic E-state index is 12.4. The van der Waals surface area contributed by atoms with E-state index in [9.17, 15) is 9.59 Å². The van der Waals surface area contributed by atoms with Crippen LogP contribution in [0.25, 0.3) is 0 Å². The van der Waals surface area contributed by atoms with Crippen molar-refractivity contribution < 1.29 is 9.59 Å². The summed E-state index contributed by atoms with van der Waals surface area (Å²) in [4.78, 5) is 31.4. The van der Waals surface area contributed by atoms with E-state index in [-0.39, 0.29) is 11.8 Å². The van der Waals surface area contributed by atoms with E-state index in [0.29, 0.717) is 31.9 Å². The Bertz CT molecular complexity index is 510. The number of rotatable bonds is 4. The van der Waals surface area contributed by atoms with Gasteiger partial charge in [-0.2, -0.15) is 0 Å². The lowest BCUT2D eigenvalue weighted by Crippen LogP contribution is -2.50. The maximum atomic E-state index is 12.4. The zero-order chi connectivity index (χ0) is 15.2. The number of anilines is 1. The lowest BCUT2D eigenvalue weighted by Gasteiger charge is -2.34. The second kappa shape index (κ2) is 7.06. The molecule has 0 aliphatic carbocycles. The van der Waals surface area contributed by atoms with Crippen molar-refractivity contribution in [3.63, 3.8) is 0 Å². The fraction of sp³-hybridized carbons (Fsp3) is 0.533. The largest absolute Gasteiger partial charge is 0.385 e. The Morgan fingerprint density at radius 2 is 1.90 bits per heavy atom. The summed E-state index contributed by atoms with van der Waals surface area (Å²) in [6.45, 7) is 6.83. The van der Waals surface area contributed by atoms with Gasteiger partial charge in [-0.1, -0.05) is 6.92 Å². The zero-order valence-electron chi connectivity index (χ0n) is 12.6. The molecule has 1 aromatic heterocycles. The highest BCUT2D eigenvalue weighted by Gasteiger charge is 2.23. The summed E-state index contributed by atoms with van der Waals surface area (Å²) >= 11 is 0. The maximum Gasteiger partial charge on any atom is 0.272 e. The SMILES string of the molecule is CCCNc1ccnc(C(=O)N2CCN(C(C)=O)CC2)c1. The molecule has 0 bridgehead atoms. The number of hydrogen-bond donors (Lipinski definition) is 1. The van der Waals surface area contributed by atoms with Crippen LogP contribution in [0.15, 0.2) is 18.3 Å². The van der Waals surface area contributed by atoms with E-state index in [4.69, 9.17) is 0 Å². The van der Waals surface area contributed by atoms with E-state index in [1.54, 1.807) is 29.0 Å². The second-order valence-corrected chi connectivity index (χ2v) is 5.15. The van der Waals surface area contributed by atoms with Gasteiger partial charge in [0.15, 0.2) is 0 Å². The molecule has 0 atom stereocenters. The van der Waals surface area contributed by atoms with E-state index in [2.05, 4.69) is 17.2 Å². The number of nitrogens with one attached hydrogen (secondary N) is 1. The van der Waals surface area contributed by atoms with Crippen LogP contribution in [0.5, 0.6) is 0 Å². The van der Waals surface area contributed by atoms with Crippen molar-refractivity contribution in [3.8, 4) is 0 Å². The molecule has 0 spiro atoms. The predicted octanol–water partition coefficient (Wildman–Crippen LogP) is 1.21. The van der Waals surface area contributed by atoms with Crippen LogP contribution in [-0.2, 0) is 4.79 Å². The van der Waals surface area contributed by atoms with Crippen molar-refractivity contribution in [1.82, 2.24) is 14.8 Å². The van der Waals surface area contributed by atoms with Crippen LogP contribution in [-0.4, -0.2) is 59.3 Å². The van der Waals surface area contributed by atoms with Gasteiger partial charge in [0.05, 0.1) is 0 Å². The highest BCUT2D eigenvalue weighted by Crippen LogP contribution is 2.12. The number of hydrogen-bond acceptors (Lipinski definition) is 4. The third kappa shape index (κ3) is 3.93. The van der Waals surface area contributed by atoms with Crippen molar-refractivity contribution in [2.75, 3.05) is 38.0 Å². The van der Waals surface area contributed by atoms with Crippen LogP contribution < -0.4 is 5.32 Å². The first-order valence-electron chi connectivity index (χ1n) is 7.36. The van der Waals surface area contributed by atoms with Crippen molar-refractivity contribution in [1.29, 1.82) is 0 Å². The summed E-state index contributed by atoms with van der Waals surface area (Å²) in [6.07, 6.45) is 2.68. The first-order chi connectivity index (χ1) is 10.1. The number of aromatic nitrogens is 1. The fourth-order valence-corrected chi connectivity index (χ4v) is 2.31. The fourth-order valence-electron chi connectivity index (χ4n) is 2.31. The molecule has 2 amide bonds. The monoisotopic (exact) mass is 290 g/mol. The average molecular weight is 290 g/mol. The van der Waals surface area contributed by atoms with Gasteiger partial charge in [-0.15, -0.1) is 0 Å². The van der Waals surface area contributed by atoms with Gasteiger partial charge in [0.1, 0.15) is 5.69 Å². The highest BCUT2D eigenvalue weighted by atomic mass is 16.2. The van der Waals surface area contributed by atoms with E-state index < -0.39 is 0 Å². The van der Waals surface area contributed by atoms with Gasteiger partial charge in [0, 0.05) is 51.5 Å². The van der Waals surface area contributed by atoms with Gasteiger partial charge in [-0.05, 0) is 18.6 Å². The van der Waals surface area contributed by atoms with Crippen LogP contribution in [0.2, 0.25) is 0 Å². The van der Waals surface area contributed by atoms with Gasteiger partial charge >= 0.3 is 0 Å². The lowest BCUT2D eigenvalue weighted by atomic mass is 10.2. The normalized spacial score (nSPS) is 15.0. The van der Waals surface area contributed by atoms with Gasteiger partial charge < -0.3 is 15.1 Å². The Hall–Kier alpha value is -2.11. The van der Waals surface area contributed by atoms with Crippen molar-refractivity contribution in [2.45, 2.75) is 20.3 Å². The van der Waals surface area contributed by atoms with Crippen LogP contribution in [0.3, 0.4) is 0 Å². The number of nitrogens with zero attached hydrogens (tertiary/aromatic N) is 3. The molecule has 0 radical (unpaired) electrons. The molecule has 1 aromatic rings. The molecular weight excluding hydrogens is 268 g/mol. The highest BCUT2D eigenvalue weighted by molar-refractivity contribution is 5.93. The Balaban J connectivity index is 1.99. The van der Waals surface area contributed by atoms with Crippen molar-refractivity contribution in [3.05, 3.63) is 24.0 Å². The number of amides is 2. The van der Waals surface area contributed by atoms with Gasteiger partial charge in [-0.3, -0.25) is 14.6 Å². The molecule has 0 aromatic carbocycles. The van der Waals surface area contributed by atoms with E-state index in [1.165, 1.54) is 0 Å². The van der Waals surface area contributed by atoms with E-state index in [1.807, 2.05) is 6.07 Å². The van der Waals surface area contributed by atoms with Gasteiger partial charge in [0.25, 0.3) is 5.91 Å². The first-order valence-corrected chi connectivity index (χ1v) is 7.36. The van der Waals surface area contributed by atoms with Gasteiger partial charge in [0.2, 0.25) is 5.91 Å². The number of carbonyl (C=O) groups is 2. The molecule has 1 saturated heterocycles. The summed E-state index contributed by atoms with van der Waals surface area (Å²) in [7, 11) is 0. The molecule has 0 saturated carbocycles. The lowest BCUT2D eigenvalue weighted by molar-refractivity contribution is -0.130. The molecule has 1 aliphatic heterocycles. The Labute approximate surface area is 125 Å². The summed E-state index contributed by atoms with van der Waals surface area (Å²) in [5.74, 6) is -0.00987. The molecule has 21 heavy (non-hydrogen) atoms. The Kier molecular flexibility index (Phi) is 5.14. The average Bonchev–Trinajstić information content (AvgIpc) is 2.52. The van der Waals surface area contributed by atoms with E-state index in [0.717, 1.165) is 18.7 Å². The summed E-state index contributed by atoms with van der Waals surface area (Å²) < 4.78 is 0. The second-order valence-electron chi connectivity index (χ2n) is 5.15. The number of pyridine rings is 1. The third-order valence-electron chi connectivity index (χ3n) is 3.57. The Morgan fingerprint density at radius 3 is 2.52 bits per heavy atom. The number of piperazine rings is 1. The molecule has 6 heteroatoms. The molecule has 1 aliphatic rings. The van der Waals surface area contributed by atoms with E-state index >= 15 is 0 Å². The topological polar surface area (TPSA) is 65.5 Å². The van der Waals surface area contributed by atoms with Crippen LogP contribution in [0.1, 0.15) is 30.8 Å². The molecule has 0 unspecified atom stereocenters. The van der Waals surface area contributed by atoms with Crippen LogP contribution in [0, 0.1) is 0 Å². The van der Waals surface area contributed by atoms with Crippen molar-refractivity contribution >= 4 is 17.5 Å². The van der Waals surface area contributed by atoms with Crippen LogP contribution >= 0.6 is 0 Å². The van der Waals surface area contributed by atoms with Crippen molar-refractivity contribution in [2.24, 2.45) is 0 Å². The van der Waals surface area contributed by atoms with Gasteiger partial charge in [-0.25, -0.2) is 0 Å². The smallest absolute Gasteiger partial charge is 0.272 e. The third-order valence-corrected chi connectivity index (χ3v) is 3.57. The molecule has 1 fully saturated rings. The summed E-state index contributed by atoms with van der Waals surface area (Å²) in [5, 5.41) is 3.25. The summed E-state index contributed by atoms with van der Waals surface area (Å²) in [5.41, 5.74) is 1.37. The molecule has 1 N–H and O–H groups in total. The first kappa shape index (κ1) is 15.3. The Morgan fingerprint density at radius 1 is 1.24 bits per heavy atom. The molecule has 2 rings (SSSR count). The minimum atomic E-state index is -0.0710. The molecule has 6 nitrogen and oxygen atoms in total. The summed E-state index contributed by atoms with van der Waals surface area (Å²) in [6, 6.07) is 3.65. The minimum absolute atomic E-state index is 0.0611. The standard InChI is InChI=1S/C15H22N4O2/c1-3-5-16-13-4-6-17-14(11-13)15(21)19-9-7-18(8-10-19)12(2)20/h4,6,11H,3,5,7-10H2,1-2H3,(H,16,17). The predicted molar refractivity (Wildman–Crippen MR) is 81.2 cm³/mol. The zero-order valence-corrected chi connectivity index (χ0v) is 12.6. The number of carbonyl (C=O) groups excluding carboxylic acids is 2. The molecular formula is C15H22N4O2. The van der Waals surface area contributed by atoms with Crippen LogP contribution in [0.4, 0.5) is 5.69 Å². The molecule has 2 heterocycles.